The number of benzene rings is 2. The van der Waals surface area contributed by atoms with E-state index < -0.39 is 5.91 Å². The van der Waals surface area contributed by atoms with E-state index in [-0.39, 0.29) is 18.2 Å². The first-order chi connectivity index (χ1) is 14.0. The van der Waals surface area contributed by atoms with Crippen LogP contribution in [0.3, 0.4) is 0 Å². The Morgan fingerprint density at radius 3 is 2.79 bits per heavy atom. The number of hydrogen-bond donors (Lipinski definition) is 3. The number of nitrogens with two attached hydrogens (primary N) is 2. The SMILES string of the molecule is Cc1ccc2[nH]ncc2c1-c1nc(-c2ccc3c(c2)OCO3)nc(C(N)=O)c1N. The molecule has 0 saturated carbocycles. The minimum absolute atomic E-state index is 0.0393. The van der Waals surface area contributed by atoms with Crippen LogP contribution < -0.4 is 20.9 Å². The predicted octanol–water partition coefficient (Wildman–Crippen LogP) is 2.41. The largest absolute Gasteiger partial charge is 0.454 e. The number of aromatic amines is 1. The minimum Gasteiger partial charge on any atom is -0.454 e. The van der Waals surface area contributed by atoms with Gasteiger partial charge in [0.25, 0.3) is 5.91 Å². The van der Waals surface area contributed by atoms with Gasteiger partial charge in [-0.25, -0.2) is 9.97 Å². The van der Waals surface area contributed by atoms with E-state index in [1.165, 1.54) is 0 Å². The maximum Gasteiger partial charge on any atom is 0.269 e. The molecule has 0 spiro atoms. The summed E-state index contributed by atoms with van der Waals surface area (Å²) < 4.78 is 10.8. The van der Waals surface area contributed by atoms with Gasteiger partial charge in [-0.05, 0) is 36.8 Å². The molecule has 0 aliphatic carbocycles. The molecule has 5 N–H and O–H groups in total. The summed E-state index contributed by atoms with van der Waals surface area (Å²) in [7, 11) is 0. The number of H-pyrrole nitrogens is 1. The van der Waals surface area contributed by atoms with Crippen molar-refractivity contribution in [3.8, 4) is 34.1 Å². The Bertz CT molecular complexity index is 1300. The maximum atomic E-state index is 12.1. The number of nitrogens with zero attached hydrogens (tertiary/aromatic N) is 3. The first-order valence-electron chi connectivity index (χ1n) is 8.83. The molecule has 0 fully saturated rings. The quantitative estimate of drug-likeness (QED) is 0.489. The summed E-state index contributed by atoms with van der Waals surface area (Å²) in [5.74, 6) is 0.795. The molecule has 9 nitrogen and oxygen atoms in total. The normalized spacial score (nSPS) is 12.4. The molecule has 0 unspecified atom stereocenters. The maximum absolute atomic E-state index is 12.1. The molecule has 1 amide bonds. The molecule has 2 aromatic heterocycles. The molecule has 5 rings (SSSR count). The van der Waals surface area contributed by atoms with Crippen molar-refractivity contribution in [1.82, 2.24) is 20.2 Å². The summed E-state index contributed by atoms with van der Waals surface area (Å²) in [6.07, 6.45) is 1.70. The van der Waals surface area contributed by atoms with Crippen LogP contribution in [0.1, 0.15) is 16.1 Å². The molecule has 9 heteroatoms. The summed E-state index contributed by atoms with van der Waals surface area (Å²) in [6, 6.07) is 9.17. The highest BCUT2D eigenvalue weighted by Gasteiger charge is 2.22. The van der Waals surface area contributed by atoms with Crippen molar-refractivity contribution in [2.45, 2.75) is 6.92 Å². The second-order valence-corrected chi connectivity index (χ2v) is 6.68. The van der Waals surface area contributed by atoms with Crippen LogP contribution in [-0.2, 0) is 0 Å². The summed E-state index contributed by atoms with van der Waals surface area (Å²) >= 11 is 0. The number of anilines is 1. The molecule has 0 bridgehead atoms. The van der Waals surface area contributed by atoms with Crippen LogP contribution in [-0.4, -0.2) is 32.9 Å². The van der Waals surface area contributed by atoms with Gasteiger partial charge in [-0.3, -0.25) is 9.89 Å². The van der Waals surface area contributed by atoms with Gasteiger partial charge in [0.15, 0.2) is 23.0 Å². The number of nitrogens with one attached hydrogen (secondary N) is 1. The highest BCUT2D eigenvalue weighted by atomic mass is 16.7. The van der Waals surface area contributed by atoms with Gasteiger partial charge < -0.3 is 20.9 Å². The Balaban J connectivity index is 1.79. The van der Waals surface area contributed by atoms with Crippen molar-refractivity contribution in [3.63, 3.8) is 0 Å². The molecule has 0 saturated heterocycles. The number of carbonyl (C=O) groups excluding carboxylic acids is 1. The van der Waals surface area contributed by atoms with Crippen LogP contribution in [0.5, 0.6) is 11.5 Å². The van der Waals surface area contributed by atoms with Crippen LogP contribution >= 0.6 is 0 Å². The fourth-order valence-electron chi connectivity index (χ4n) is 3.45. The van der Waals surface area contributed by atoms with E-state index in [0.717, 1.165) is 22.0 Å². The fraction of sp³-hybridized carbons (Fsp3) is 0.100. The number of hydrogen-bond acceptors (Lipinski definition) is 7. The van der Waals surface area contributed by atoms with Crippen LogP contribution in [0.25, 0.3) is 33.5 Å². The van der Waals surface area contributed by atoms with Gasteiger partial charge in [-0.15, -0.1) is 0 Å². The van der Waals surface area contributed by atoms with E-state index in [1.807, 2.05) is 19.1 Å². The molecule has 4 aromatic rings. The van der Waals surface area contributed by atoms with Crippen molar-refractivity contribution in [1.29, 1.82) is 0 Å². The Morgan fingerprint density at radius 2 is 1.97 bits per heavy atom. The van der Waals surface area contributed by atoms with Crippen LogP contribution in [0.15, 0.2) is 36.5 Å². The topological polar surface area (TPSA) is 142 Å². The zero-order valence-electron chi connectivity index (χ0n) is 15.4. The van der Waals surface area contributed by atoms with Crippen molar-refractivity contribution >= 4 is 22.5 Å². The van der Waals surface area contributed by atoms with Gasteiger partial charge >= 0.3 is 0 Å². The van der Waals surface area contributed by atoms with E-state index in [1.54, 1.807) is 24.4 Å². The van der Waals surface area contributed by atoms with Gasteiger partial charge in [0.1, 0.15) is 0 Å². The lowest BCUT2D eigenvalue weighted by Gasteiger charge is -2.14. The van der Waals surface area contributed by atoms with E-state index in [2.05, 4.69) is 20.2 Å². The third kappa shape index (κ3) is 2.63. The smallest absolute Gasteiger partial charge is 0.269 e. The summed E-state index contributed by atoms with van der Waals surface area (Å²) in [4.78, 5) is 21.1. The first kappa shape index (κ1) is 17.0. The highest BCUT2D eigenvalue weighted by Crippen LogP contribution is 2.38. The number of aryl methyl sites for hydroxylation is 1. The van der Waals surface area contributed by atoms with Gasteiger partial charge in [0, 0.05) is 16.5 Å². The van der Waals surface area contributed by atoms with Crippen LogP contribution in [0.4, 0.5) is 5.69 Å². The lowest BCUT2D eigenvalue weighted by atomic mass is 9.99. The number of primary amides is 1. The summed E-state index contributed by atoms with van der Waals surface area (Å²) in [6.45, 7) is 2.09. The number of rotatable bonds is 3. The highest BCUT2D eigenvalue weighted by molar-refractivity contribution is 6.04. The number of ether oxygens (including phenoxy) is 2. The fourth-order valence-corrected chi connectivity index (χ4v) is 3.45. The van der Waals surface area contributed by atoms with Gasteiger partial charge in [0.05, 0.1) is 23.1 Å². The summed E-state index contributed by atoms with van der Waals surface area (Å²) in [5.41, 5.74) is 15.5. The molecule has 144 valence electrons. The zero-order valence-corrected chi connectivity index (χ0v) is 15.4. The van der Waals surface area contributed by atoms with Crippen molar-refractivity contribution in [3.05, 3.63) is 47.8 Å². The van der Waals surface area contributed by atoms with Crippen molar-refractivity contribution in [2.75, 3.05) is 12.5 Å². The number of fused-ring (bicyclic) bond motifs is 2. The Hall–Kier alpha value is -4.14. The van der Waals surface area contributed by atoms with E-state index in [0.29, 0.717) is 28.6 Å². The summed E-state index contributed by atoms with van der Waals surface area (Å²) in [5, 5.41) is 7.87. The van der Waals surface area contributed by atoms with E-state index >= 15 is 0 Å². The Kier molecular flexibility index (Phi) is 3.63. The monoisotopic (exact) mass is 388 g/mol. The predicted molar refractivity (Wildman–Crippen MR) is 106 cm³/mol. The Labute approximate surface area is 164 Å². The van der Waals surface area contributed by atoms with Gasteiger partial charge in [0.2, 0.25) is 6.79 Å². The molecule has 0 atom stereocenters. The lowest BCUT2D eigenvalue weighted by Crippen LogP contribution is -2.18. The van der Waals surface area contributed by atoms with E-state index in [4.69, 9.17) is 20.9 Å². The molecule has 29 heavy (non-hydrogen) atoms. The van der Waals surface area contributed by atoms with Crippen LogP contribution in [0, 0.1) is 6.92 Å². The zero-order chi connectivity index (χ0) is 20.1. The number of aromatic nitrogens is 4. The molecule has 2 aromatic carbocycles. The van der Waals surface area contributed by atoms with Gasteiger partial charge in [-0.2, -0.15) is 5.10 Å². The molecule has 1 aliphatic rings. The minimum atomic E-state index is -0.731. The lowest BCUT2D eigenvalue weighted by molar-refractivity contribution is 0.0996. The van der Waals surface area contributed by atoms with E-state index in [9.17, 15) is 4.79 Å². The number of nitrogen functional groups attached to an aromatic ring is 1. The standard InChI is InChI=1S/C20H16N6O3/c1-9-2-4-12-11(7-23-26-12)15(9)17-16(21)18(19(22)27)25-20(24-17)10-3-5-13-14(6-10)29-8-28-13/h2-7H,8,21H2,1H3,(H2,22,27)(H,23,26). The van der Waals surface area contributed by atoms with Crippen LogP contribution in [0.2, 0.25) is 0 Å². The second kappa shape index (κ2) is 6.20. The van der Waals surface area contributed by atoms with Gasteiger partial charge in [-0.1, -0.05) is 6.07 Å². The molecule has 3 heterocycles. The Morgan fingerprint density at radius 1 is 1.14 bits per heavy atom. The molecule has 0 radical (unpaired) electrons. The van der Waals surface area contributed by atoms with Crippen molar-refractivity contribution < 1.29 is 14.3 Å². The number of carbonyl (C=O) groups is 1. The average molecular weight is 388 g/mol. The molecular weight excluding hydrogens is 372 g/mol. The second-order valence-electron chi connectivity index (χ2n) is 6.68. The third-order valence-electron chi connectivity index (χ3n) is 4.88. The van der Waals surface area contributed by atoms with Crippen molar-refractivity contribution in [2.24, 2.45) is 5.73 Å². The molecule has 1 aliphatic heterocycles. The first-order valence-corrected chi connectivity index (χ1v) is 8.83. The average Bonchev–Trinajstić information content (AvgIpc) is 3.36. The number of amides is 1. The third-order valence-corrected chi connectivity index (χ3v) is 4.88. The molecular formula is C20H16N6O3.